The Morgan fingerprint density at radius 2 is 0.872 bits per heavy atom. The third kappa shape index (κ3) is 20.7. The number of pyridine rings is 2. The molecule has 1 radical (unpaired) electrons. The number of hydrogen-bond acceptors (Lipinski definition) is 6. The van der Waals surface area contributed by atoms with Gasteiger partial charge in [-0.1, -0.05) is 24.3 Å². The molecule has 0 spiro atoms. The van der Waals surface area contributed by atoms with Crippen molar-refractivity contribution in [3.05, 3.63) is 105 Å². The van der Waals surface area contributed by atoms with Crippen molar-refractivity contribution in [1.29, 1.82) is 0 Å². The van der Waals surface area contributed by atoms with Gasteiger partial charge in [0, 0.05) is 12.4 Å². The second-order valence-corrected chi connectivity index (χ2v) is 7.93. The van der Waals surface area contributed by atoms with Crippen LogP contribution in [0.3, 0.4) is 0 Å². The SMILES string of the molecule is F[B-](F)(F)F.F[B-](F)(F)F.O.O.O=C(c1ccccn1)c1cccs1.O=C(c1ccccn1)c1cccs1.[Cu+2]. The van der Waals surface area contributed by atoms with Gasteiger partial charge in [-0.3, -0.25) is 19.6 Å². The summed E-state index contributed by atoms with van der Waals surface area (Å²) in [7, 11) is -12.0. The van der Waals surface area contributed by atoms with E-state index in [9.17, 15) is 44.1 Å². The van der Waals surface area contributed by atoms with Crippen molar-refractivity contribution >= 4 is 48.7 Å². The van der Waals surface area contributed by atoms with E-state index in [1.54, 1.807) is 36.7 Å². The van der Waals surface area contributed by atoms with Gasteiger partial charge in [0.05, 0.1) is 9.75 Å². The molecule has 0 saturated heterocycles. The Kier molecular flexibility index (Phi) is 20.8. The molecule has 4 heterocycles. The third-order valence-corrected chi connectivity index (χ3v) is 5.02. The van der Waals surface area contributed by atoms with Gasteiger partial charge in [0.1, 0.15) is 11.4 Å². The number of nitrogens with zero attached hydrogens (tertiary/aromatic N) is 2. The maximum absolute atomic E-state index is 11.7. The summed E-state index contributed by atoms with van der Waals surface area (Å²) in [6.07, 6.45) is 3.25. The Hall–Kier alpha value is -2.95. The fraction of sp³-hybridized carbons (Fsp3) is 0. The summed E-state index contributed by atoms with van der Waals surface area (Å²) in [4.78, 5) is 32.8. The number of ketones is 2. The molecule has 4 N–H and O–H groups in total. The van der Waals surface area contributed by atoms with Gasteiger partial charge in [-0.15, -0.1) is 22.7 Å². The van der Waals surface area contributed by atoms with Crippen LogP contribution in [0.25, 0.3) is 0 Å². The first kappa shape index (κ1) is 40.5. The molecule has 0 aromatic carbocycles. The van der Waals surface area contributed by atoms with Gasteiger partial charge in [0.25, 0.3) is 0 Å². The second-order valence-electron chi connectivity index (χ2n) is 6.03. The van der Waals surface area contributed by atoms with Crippen LogP contribution in [0.2, 0.25) is 0 Å². The topological polar surface area (TPSA) is 123 Å². The summed E-state index contributed by atoms with van der Waals surface area (Å²) in [5.74, 6) is -0.00815. The number of halogens is 8. The number of thiophene rings is 2. The largest absolute Gasteiger partial charge is 2.00 e. The molecule has 19 heteroatoms. The van der Waals surface area contributed by atoms with Crippen LogP contribution in [0.15, 0.2) is 83.8 Å². The van der Waals surface area contributed by atoms with Gasteiger partial charge in [0.2, 0.25) is 11.6 Å². The van der Waals surface area contributed by atoms with E-state index >= 15 is 0 Å². The Bertz CT molecular complexity index is 1070. The molecule has 0 aliphatic rings. The van der Waals surface area contributed by atoms with E-state index in [0.717, 1.165) is 9.75 Å². The average molecular weight is 652 g/mol. The number of rotatable bonds is 4. The fourth-order valence-corrected chi connectivity index (χ4v) is 3.41. The van der Waals surface area contributed by atoms with Crippen molar-refractivity contribution in [1.82, 2.24) is 9.97 Å². The van der Waals surface area contributed by atoms with E-state index in [1.165, 1.54) is 22.7 Å². The zero-order valence-electron chi connectivity index (χ0n) is 19.1. The fourth-order valence-electron chi connectivity index (χ4n) is 2.06. The standard InChI is InChI=1S/2C10H7NOS.2BF4.Cu.2H2O/c2*12-10(9-5-3-7-13-9)8-4-1-2-6-11-8;2*2-1(3,4)5;;;/h2*1-7H;;;;2*1H2/q;;2*-1;+2;;. The maximum atomic E-state index is 11.7. The molecular weight excluding hydrogens is 634 g/mol. The molecule has 4 aromatic heterocycles. The van der Waals surface area contributed by atoms with Gasteiger partial charge in [-0.2, -0.15) is 0 Å². The molecule has 0 bridgehead atoms. The minimum Gasteiger partial charge on any atom is -0.418 e. The van der Waals surface area contributed by atoms with Crippen LogP contribution in [-0.4, -0.2) is 47.0 Å². The molecule has 0 aliphatic carbocycles. The monoisotopic (exact) mass is 651 g/mol. The molecule has 39 heavy (non-hydrogen) atoms. The summed E-state index contributed by atoms with van der Waals surface area (Å²) in [5.41, 5.74) is 1.01. The van der Waals surface area contributed by atoms with Crippen LogP contribution in [0, 0.1) is 0 Å². The van der Waals surface area contributed by atoms with Crippen LogP contribution < -0.4 is 0 Å². The van der Waals surface area contributed by atoms with Crippen molar-refractivity contribution in [3.8, 4) is 0 Å². The van der Waals surface area contributed by atoms with Crippen LogP contribution in [-0.2, 0) is 17.1 Å². The molecule has 4 rings (SSSR count). The van der Waals surface area contributed by atoms with Crippen molar-refractivity contribution in [2.45, 2.75) is 0 Å². The van der Waals surface area contributed by atoms with Crippen molar-refractivity contribution in [3.63, 3.8) is 0 Å². The molecule has 4 aromatic rings. The molecule has 0 amide bonds. The number of hydrogen-bond donors (Lipinski definition) is 0. The minimum atomic E-state index is -6.00. The van der Waals surface area contributed by atoms with Crippen molar-refractivity contribution in [2.75, 3.05) is 0 Å². The van der Waals surface area contributed by atoms with E-state index in [-0.39, 0.29) is 39.6 Å². The van der Waals surface area contributed by atoms with Crippen molar-refractivity contribution < 1.29 is 72.1 Å². The molecule has 0 saturated carbocycles. The Morgan fingerprint density at radius 1 is 0.564 bits per heavy atom. The van der Waals surface area contributed by atoms with Gasteiger partial charge in [-0.25, -0.2) is 0 Å². The Morgan fingerprint density at radius 3 is 1.08 bits per heavy atom. The number of carbonyl (C=O) groups excluding carboxylic acids is 2. The molecule has 0 unspecified atom stereocenters. The van der Waals surface area contributed by atoms with Gasteiger partial charge >= 0.3 is 31.6 Å². The number of aromatic nitrogens is 2. The van der Waals surface area contributed by atoms with Gasteiger partial charge in [0.15, 0.2) is 0 Å². The molecule has 217 valence electrons. The predicted octanol–water partition coefficient (Wildman–Crippen LogP) is 5.70. The molecule has 0 aliphatic heterocycles. The van der Waals surface area contributed by atoms with Crippen LogP contribution in [0.1, 0.15) is 30.7 Å². The maximum Gasteiger partial charge on any atom is 2.00 e. The van der Waals surface area contributed by atoms with Crippen molar-refractivity contribution in [2.24, 2.45) is 0 Å². The van der Waals surface area contributed by atoms with E-state index in [1.807, 2.05) is 47.2 Å². The summed E-state index contributed by atoms with van der Waals surface area (Å²) >= 11 is 2.87. The quantitative estimate of drug-likeness (QED) is 0.160. The third-order valence-electron chi connectivity index (χ3n) is 3.28. The number of carbonyl (C=O) groups is 2. The van der Waals surface area contributed by atoms with Gasteiger partial charge < -0.3 is 45.5 Å². The summed E-state index contributed by atoms with van der Waals surface area (Å²) < 4.78 is 78.0. The van der Waals surface area contributed by atoms with Gasteiger partial charge in [-0.05, 0) is 47.2 Å². The van der Waals surface area contributed by atoms with Crippen LogP contribution in [0.4, 0.5) is 34.5 Å². The second kappa shape index (κ2) is 20.0. The average Bonchev–Trinajstić information content (AvgIpc) is 3.52. The van der Waals surface area contributed by atoms with E-state index in [0.29, 0.717) is 11.4 Å². The Labute approximate surface area is 235 Å². The van der Waals surface area contributed by atoms with Crippen LogP contribution in [0.5, 0.6) is 0 Å². The zero-order chi connectivity index (χ0) is 27.2. The van der Waals surface area contributed by atoms with E-state index in [4.69, 9.17) is 0 Å². The minimum absolute atomic E-state index is 0. The van der Waals surface area contributed by atoms with Crippen LogP contribution >= 0.6 is 22.7 Å². The predicted molar refractivity (Wildman–Crippen MR) is 132 cm³/mol. The molecule has 0 atom stereocenters. The summed E-state index contributed by atoms with van der Waals surface area (Å²) in [5, 5.41) is 3.77. The summed E-state index contributed by atoms with van der Waals surface area (Å²) in [6.45, 7) is 0. The van der Waals surface area contributed by atoms with E-state index in [2.05, 4.69) is 9.97 Å². The molecule has 0 fully saturated rings. The summed E-state index contributed by atoms with van der Waals surface area (Å²) in [6, 6.07) is 18.0. The first-order chi connectivity index (χ1) is 16.8. The molecule has 6 nitrogen and oxygen atoms in total. The Balaban J connectivity index is -0.000000472. The smallest absolute Gasteiger partial charge is 0.418 e. The first-order valence-electron chi connectivity index (χ1n) is 9.49. The van der Waals surface area contributed by atoms with E-state index < -0.39 is 14.5 Å². The normalized spacial score (nSPS) is 9.64. The first-order valence-corrected chi connectivity index (χ1v) is 11.2. The zero-order valence-corrected chi connectivity index (χ0v) is 21.7. The molecular formula is C20H18B2CuF8N2O4S2.